The average molecular weight is 473 g/mol. The van der Waals surface area contributed by atoms with Crippen molar-refractivity contribution in [1.82, 2.24) is 4.90 Å². The van der Waals surface area contributed by atoms with Crippen LogP contribution in [0.1, 0.15) is 21.7 Å². The fraction of sp³-hybridized carbons (Fsp3) is 0.174. The second-order valence-corrected chi connectivity index (χ2v) is 8.02. The Hall–Kier alpha value is -3.29. The zero-order valence-electron chi connectivity index (χ0n) is 16.7. The number of furan rings is 1. The van der Waals surface area contributed by atoms with Crippen molar-refractivity contribution < 1.29 is 23.5 Å². The monoisotopic (exact) mass is 472 g/mol. The fourth-order valence-corrected chi connectivity index (χ4v) is 3.84. The number of anilines is 1. The van der Waals surface area contributed by atoms with Crippen molar-refractivity contribution in [3.63, 3.8) is 0 Å². The van der Waals surface area contributed by atoms with Gasteiger partial charge >= 0.3 is 5.97 Å². The van der Waals surface area contributed by atoms with Crippen LogP contribution in [0.4, 0.5) is 5.69 Å². The minimum atomic E-state index is -0.898. The Morgan fingerprint density at radius 1 is 1.06 bits per heavy atom. The topological polar surface area (TPSA) is 88.9 Å². The van der Waals surface area contributed by atoms with Gasteiger partial charge in [-0.15, -0.1) is 0 Å². The number of carbonyl (C=O) groups excluding carboxylic acids is 3. The van der Waals surface area contributed by atoms with Gasteiger partial charge in [-0.2, -0.15) is 0 Å². The van der Waals surface area contributed by atoms with Crippen LogP contribution in [-0.2, 0) is 27.3 Å². The summed E-state index contributed by atoms with van der Waals surface area (Å²) in [6, 6.07) is 14.4. The number of halogens is 2. The first-order valence-electron chi connectivity index (χ1n) is 9.75. The van der Waals surface area contributed by atoms with E-state index >= 15 is 0 Å². The lowest BCUT2D eigenvalue weighted by atomic mass is 9.93. The van der Waals surface area contributed by atoms with Crippen LogP contribution in [-0.4, -0.2) is 35.3 Å². The van der Waals surface area contributed by atoms with Crippen LogP contribution in [0.25, 0.3) is 0 Å². The van der Waals surface area contributed by atoms with E-state index in [1.807, 2.05) is 24.3 Å². The lowest BCUT2D eigenvalue weighted by Gasteiger charge is -2.34. The third kappa shape index (κ3) is 4.79. The number of carbonyl (C=O) groups is 3. The third-order valence-electron chi connectivity index (χ3n) is 5.06. The number of hydrogen-bond acceptors (Lipinski definition) is 5. The number of benzene rings is 2. The van der Waals surface area contributed by atoms with Crippen LogP contribution in [0.2, 0.25) is 10.0 Å². The van der Waals surface area contributed by atoms with Gasteiger partial charge in [0.15, 0.2) is 12.4 Å². The Bertz CT molecular complexity index is 1160. The molecule has 0 saturated heterocycles. The average Bonchev–Trinajstić information content (AvgIpc) is 3.33. The second-order valence-electron chi connectivity index (χ2n) is 7.18. The van der Waals surface area contributed by atoms with Crippen LogP contribution in [0.3, 0.4) is 0 Å². The van der Waals surface area contributed by atoms with Gasteiger partial charge in [-0.25, -0.2) is 4.79 Å². The van der Waals surface area contributed by atoms with Crippen LogP contribution in [0.15, 0.2) is 65.3 Å². The number of nitrogens with one attached hydrogen (secondary N) is 1. The molecule has 1 aliphatic rings. The summed E-state index contributed by atoms with van der Waals surface area (Å²) in [5, 5.41) is 3.25. The van der Waals surface area contributed by atoms with Gasteiger partial charge in [0.05, 0.1) is 17.0 Å². The molecule has 1 aromatic heterocycles. The molecule has 164 valence electrons. The number of amides is 2. The Morgan fingerprint density at radius 3 is 2.59 bits per heavy atom. The first-order chi connectivity index (χ1) is 15.4. The van der Waals surface area contributed by atoms with E-state index in [1.165, 1.54) is 23.3 Å². The van der Waals surface area contributed by atoms with Crippen molar-refractivity contribution in [3.05, 3.63) is 87.8 Å². The standard InChI is InChI=1S/C23H18Cl2N2O5/c24-16-7-8-17(25)18(11-16)26-21(28)13-32-23(30)19-10-14-4-1-2-5-15(14)12-27(19)22(29)20-6-3-9-31-20/h1-9,11,19H,10,12-13H2,(H,26,28). The van der Waals surface area contributed by atoms with Gasteiger partial charge in [0, 0.05) is 18.0 Å². The number of ether oxygens (including phenoxy) is 1. The number of rotatable bonds is 5. The molecule has 2 amide bonds. The van der Waals surface area contributed by atoms with E-state index in [-0.39, 0.29) is 18.7 Å². The van der Waals surface area contributed by atoms with Gasteiger partial charge in [-0.3, -0.25) is 9.59 Å². The predicted octanol–water partition coefficient (Wildman–Crippen LogP) is 4.34. The maximum absolute atomic E-state index is 13.0. The number of hydrogen-bond donors (Lipinski definition) is 1. The highest BCUT2D eigenvalue weighted by molar-refractivity contribution is 6.35. The van der Waals surface area contributed by atoms with E-state index < -0.39 is 30.4 Å². The number of esters is 1. The normalized spacial score (nSPS) is 15.1. The summed E-state index contributed by atoms with van der Waals surface area (Å²) in [4.78, 5) is 39.5. The molecule has 0 aliphatic carbocycles. The van der Waals surface area contributed by atoms with Gasteiger partial charge in [-0.1, -0.05) is 47.5 Å². The van der Waals surface area contributed by atoms with Crippen LogP contribution >= 0.6 is 23.2 Å². The van der Waals surface area contributed by atoms with E-state index in [4.69, 9.17) is 32.4 Å². The Balaban J connectivity index is 1.47. The summed E-state index contributed by atoms with van der Waals surface area (Å²) < 4.78 is 10.5. The molecule has 32 heavy (non-hydrogen) atoms. The number of fused-ring (bicyclic) bond motifs is 1. The van der Waals surface area contributed by atoms with E-state index in [0.29, 0.717) is 15.7 Å². The molecule has 1 atom stereocenters. The summed E-state index contributed by atoms with van der Waals surface area (Å²) in [6.07, 6.45) is 1.66. The third-order valence-corrected chi connectivity index (χ3v) is 5.63. The number of nitrogens with zero attached hydrogens (tertiary/aromatic N) is 1. The molecule has 0 saturated carbocycles. The van der Waals surface area contributed by atoms with Gasteiger partial charge in [0.2, 0.25) is 0 Å². The van der Waals surface area contributed by atoms with E-state index in [9.17, 15) is 14.4 Å². The molecule has 0 spiro atoms. The van der Waals surface area contributed by atoms with Crippen molar-refractivity contribution in [3.8, 4) is 0 Å². The lowest BCUT2D eigenvalue weighted by molar-refractivity contribution is -0.152. The molecule has 1 aliphatic heterocycles. The second kappa shape index (κ2) is 9.46. The van der Waals surface area contributed by atoms with Crippen molar-refractivity contribution in [1.29, 1.82) is 0 Å². The summed E-state index contributed by atoms with van der Waals surface area (Å²) in [7, 11) is 0. The maximum atomic E-state index is 13.0. The first-order valence-corrected chi connectivity index (χ1v) is 10.5. The molecule has 4 rings (SSSR count). The molecule has 1 N–H and O–H groups in total. The van der Waals surface area contributed by atoms with E-state index in [1.54, 1.807) is 18.2 Å². The van der Waals surface area contributed by atoms with Gasteiger partial charge in [0.1, 0.15) is 6.04 Å². The molecule has 2 aromatic carbocycles. The Labute approximate surface area is 193 Å². The molecule has 0 bridgehead atoms. The minimum absolute atomic E-state index is 0.121. The molecule has 7 nitrogen and oxygen atoms in total. The van der Waals surface area contributed by atoms with Crippen LogP contribution in [0, 0.1) is 0 Å². The van der Waals surface area contributed by atoms with Gasteiger partial charge in [-0.05, 0) is 41.5 Å². The lowest BCUT2D eigenvalue weighted by Crippen LogP contribution is -2.49. The predicted molar refractivity (Wildman–Crippen MR) is 119 cm³/mol. The molecule has 3 aromatic rings. The molecular formula is C23H18Cl2N2O5. The molecule has 0 radical (unpaired) electrons. The van der Waals surface area contributed by atoms with Crippen molar-refractivity contribution in [2.45, 2.75) is 19.0 Å². The highest BCUT2D eigenvalue weighted by Crippen LogP contribution is 2.27. The van der Waals surface area contributed by atoms with Crippen molar-refractivity contribution in [2.24, 2.45) is 0 Å². The molecule has 0 fully saturated rings. The maximum Gasteiger partial charge on any atom is 0.329 e. The summed E-state index contributed by atoms with van der Waals surface area (Å²) in [6.45, 7) is -0.317. The van der Waals surface area contributed by atoms with Gasteiger partial charge < -0.3 is 19.4 Å². The highest BCUT2D eigenvalue weighted by Gasteiger charge is 2.37. The zero-order chi connectivity index (χ0) is 22.7. The fourth-order valence-electron chi connectivity index (χ4n) is 3.50. The van der Waals surface area contributed by atoms with E-state index in [2.05, 4.69) is 5.32 Å². The largest absolute Gasteiger partial charge is 0.459 e. The molecule has 1 unspecified atom stereocenters. The van der Waals surface area contributed by atoms with Crippen LogP contribution < -0.4 is 5.32 Å². The highest BCUT2D eigenvalue weighted by atomic mass is 35.5. The Morgan fingerprint density at radius 2 is 1.84 bits per heavy atom. The Kier molecular flexibility index (Phi) is 6.48. The molecular weight excluding hydrogens is 455 g/mol. The molecule has 9 heteroatoms. The zero-order valence-corrected chi connectivity index (χ0v) is 18.2. The smallest absolute Gasteiger partial charge is 0.329 e. The van der Waals surface area contributed by atoms with Crippen LogP contribution in [0.5, 0.6) is 0 Å². The quantitative estimate of drug-likeness (QED) is 0.558. The summed E-state index contributed by atoms with van der Waals surface area (Å²) >= 11 is 12.0. The van der Waals surface area contributed by atoms with Gasteiger partial charge in [0.25, 0.3) is 11.8 Å². The first kappa shape index (κ1) is 21.9. The summed E-state index contributed by atoms with van der Waals surface area (Å²) in [5.74, 6) is -1.58. The van der Waals surface area contributed by atoms with E-state index in [0.717, 1.165) is 11.1 Å². The summed E-state index contributed by atoms with van der Waals surface area (Å²) in [5.41, 5.74) is 2.18. The van der Waals surface area contributed by atoms with Crippen molar-refractivity contribution in [2.75, 3.05) is 11.9 Å². The minimum Gasteiger partial charge on any atom is -0.459 e. The SMILES string of the molecule is O=C(COC(=O)C1Cc2ccccc2CN1C(=O)c1ccco1)Nc1cc(Cl)ccc1Cl. The van der Waals surface area contributed by atoms with Crippen molar-refractivity contribution >= 4 is 46.7 Å². The molecule has 2 heterocycles.